The highest BCUT2D eigenvalue weighted by molar-refractivity contribution is 5.89. The van der Waals surface area contributed by atoms with Crippen LogP contribution in [0.25, 0.3) is 10.8 Å². The van der Waals surface area contributed by atoms with E-state index in [0.717, 1.165) is 22.4 Å². The van der Waals surface area contributed by atoms with Gasteiger partial charge in [0.05, 0.1) is 10.5 Å². The van der Waals surface area contributed by atoms with Crippen LogP contribution in [0.15, 0.2) is 60.7 Å². The Balaban J connectivity index is 2.15. The summed E-state index contributed by atoms with van der Waals surface area (Å²) in [6.07, 6.45) is 0.537. The second kappa shape index (κ2) is 7.07. The van der Waals surface area contributed by atoms with Gasteiger partial charge < -0.3 is 9.84 Å². The molecule has 0 radical (unpaired) electrons. The summed E-state index contributed by atoms with van der Waals surface area (Å²) >= 11 is 0. The summed E-state index contributed by atoms with van der Waals surface area (Å²) in [4.78, 5) is 22.1. The third-order valence-corrected chi connectivity index (χ3v) is 4.77. The van der Waals surface area contributed by atoms with Gasteiger partial charge in [-0.15, -0.1) is 0 Å². The first kappa shape index (κ1) is 18.4. The van der Waals surface area contributed by atoms with Gasteiger partial charge in [0, 0.05) is 17.7 Å². The third kappa shape index (κ3) is 3.46. The van der Waals surface area contributed by atoms with Crippen molar-refractivity contribution in [2.45, 2.75) is 25.9 Å². The summed E-state index contributed by atoms with van der Waals surface area (Å²) in [5, 5.41) is 22.7. The molecule has 0 fully saturated rings. The predicted octanol–water partition coefficient (Wildman–Crippen LogP) is 5.15. The van der Waals surface area contributed by atoms with Gasteiger partial charge in [-0.1, -0.05) is 49.4 Å². The van der Waals surface area contributed by atoms with E-state index in [4.69, 9.17) is 4.74 Å². The Hall–Kier alpha value is -3.41. The van der Waals surface area contributed by atoms with Crippen molar-refractivity contribution in [3.63, 3.8) is 0 Å². The van der Waals surface area contributed by atoms with E-state index in [2.05, 4.69) is 0 Å². The first-order valence-electron chi connectivity index (χ1n) is 8.54. The summed E-state index contributed by atoms with van der Waals surface area (Å²) in [5.74, 6) is -1.23. The van der Waals surface area contributed by atoms with Crippen LogP contribution in [0, 0.1) is 10.1 Å². The van der Waals surface area contributed by atoms with Crippen molar-refractivity contribution in [3.05, 3.63) is 81.9 Å². The molecule has 1 unspecified atom stereocenters. The fraction of sp³-hybridized carbons (Fsp3) is 0.190. The predicted molar refractivity (Wildman–Crippen MR) is 102 cm³/mol. The van der Waals surface area contributed by atoms with E-state index in [1.807, 2.05) is 56.3 Å². The summed E-state index contributed by atoms with van der Waals surface area (Å²) in [7, 11) is 0. The Labute approximate surface area is 156 Å². The lowest BCUT2D eigenvalue weighted by atomic mass is 9.88. The zero-order valence-corrected chi connectivity index (χ0v) is 15.0. The van der Waals surface area contributed by atoms with Crippen LogP contribution in [-0.2, 0) is 5.60 Å². The van der Waals surface area contributed by atoms with Crippen molar-refractivity contribution in [1.82, 2.24) is 0 Å². The van der Waals surface area contributed by atoms with Gasteiger partial charge in [-0.25, -0.2) is 4.79 Å². The van der Waals surface area contributed by atoms with E-state index in [0.29, 0.717) is 6.42 Å². The number of benzene rings is 3. The first-order chi connectivity index (χ1) is 12.9. The van der Waals surface area contributed by atoms with Crippen LogP contribution in [0.5, 0.6) is 5.75 Å². The first-order valence-corrected chi connectivity index (χ1v) is 8.54. The molecule has 1 N–H and O–H groups in total. The minimum atomic E-state index is -1.17. The van der Waals surface area contributed by atoms with Gasteiger partial charge >= 0.3 is 11.7 Å². The van der Waals surface area contributed by atoms with Crippen molar-refractivity contribution in [1.29, 1.82) is 0 Å². The summed E-state index contributed by atoms with van der Waals surface area (Å²) in [5.41, 5.74) is -0.312. The van der Waals surface area contributed by atoms with E-state index in [1.54, 1.807) is 0 Å². The van der Waals surface area contributed by atoms with Gasteiger partial charge in [0.1, 0.15) is 5.60 Å². The maximum atomic E-state index is 11.4. The average Bonchev–Trinajstić information content (AvgIpc) is 2.67. The van der Waals surface area contributed by atoms with Crippen molar-refractivity contribution < 1.29 is 19.6 Å². The van der Waals surface area contributed by atoms with Crippen LogP contribution in [0.4, 0.5) is 5.69 Å². The monoisotopic (exact) mass is 365 g/mol. The molecule has 1 atom stereocenters. The van der Waals surface area contributed by atoms with Crippen LogP contribution in [0.2, 0.25) is 0 Å². The topological polar surface area (TPSA) is 89.7 Å². The van der Waals surface area contributed by atoms with Crippen molar-refractivity contribution >= 4 is 22.4 Å². The Bertz CT molecular complexity index is 1020. The Morgan fingerprint density at radius 2 is 1.85 bits per heavy atom. The third-order valence-electron chi connectivity index (χ3n) is 4.77. The van der Waals surface area contributed by atoms with Crippen molar-refractivity contribution in [2.75, 3.05) is 0 Å². The molecule has 0 saturated carbocycles. The van der Waals surface area contributed by atoms with E-state index >= 15 is 0 Å². The zero-order valence-electron chi connectivity index (χ0n) is 15.0. The Morgan fingerprint density at radius 1 is 1.15 bits per heavy atom. The fourth-order valence-corrected chi connectivity index (χ4v) is 3.13. The number of nitro benzene ring substituents is 1. The molecule has 0 spiro atoms. The highest BCUT2D eigenvalue weighted by atomic mass is 16.6. The molecule has 3 aromatic carbocycles. The van der Waals surface area contributed by atoms with E-state index in [-0.39, 0.29) is 17.0 Å². The van der Waals surface area contributed by atoms with Gasteiger partial charge in [-0.3, -0.25) is 10.1 Å². The lowest BCUT2D eigenvalue weighted by Gasteiger charge is -2.31. The second-order valence-electron chi connectivity index (χ2n) is 6.46. The van der Waals surface area contributed by atoms with Gasteiger partial charge in [-0.2, -0.15) is 0 Å². The number of ether oxygens (including phenoxy) is 1. The molecule has 3 rings (SSSR count). The molecule has 6 heteroatoms. The fourth-order valence-electron chi connectivity index (χ4n) is 3.13. The number of carboxylic acid groups (broad SMARTS) is 1. The largest absolute Gasteiger partial charge is 0.478 e. The minimum Gasteiger partial charge on any atom is -0.478 e. The maximum absolute atomic E-state index is 11.4. The second-order valence-corrected chi connectivity index (χ2v) is 6.46. The molecular weight excluding hydrogens is 346 g/mol. The number of hydrogen-bond donors (Lipinski definition) is 1. The smallest absolute Gasteiger partial charge is 0.335 e. The number of rotatable bonds is 6. The van der Waals surface area contributed by atoms with Crippen LogP contribution in [-0.4, -0.2) is 16.0 Å². The summed E-state index contributed by atoms with van der Waals surface area (Å²) in [6, 6.07) is 17.2. The lowest BCUT2D eigenvalue weighted by molar-refractivity contribution is -0.386. The highest BCUT2D eigenvalue weighted by Crippen LogP contribution is 2.39. The molecule has 0 aliphatic heterocycles. The molecule has 6 nitrogen and oxygen atoms in total. The van der Waals surface area contributed by atoms with Crippen molar-refractivity contribution in [3.8, 4) is 5.75 Å². The highest BCUT2D eigenvalue weighted by Gasteiger charge is 2.32. The van der Waals surface area contributed by atoms with E-state index in [1.165, 1.54) is 12.1 Å². The minimum absolute atomic E-state index is 0.0582. The van der Waals surface area contributed by atoms with Crippen LogP contribution in [0.1, 0.15) is 36.2 Å². The maximum Gasteiger partial charge on any atom is 0.335 e. The molecular formula is C21H19NO5. The standard InChI is InChI=1S/C21H19NO5/c1-3-21(2,17-10-6-8-14-7-4-5-9-16(14)17)27-19-13-15(20(23)24)11-12-18(19)22(25)26/h4-13H,3H2,1-2H3,(H,23,24). The number of nitrogens with zero attached hydrogens (tertiary/aromatic N) is 1. The molecule has 0 heterocycles. The van der Waals surface area contributed by atoms with E-state index in [9.17, 15) is 20.0 Å². The zero-order chi connectivity index (χ0) is 19.6. The van der Waals surface area contributed by atoms with Crippen LogP contribution >= 0.6 is 0 Å². The molecule has 0 bridgehead atoms. The van der Waals surface area contributed by atoms with Crippen LogP contribution < -0.4 is 4.74 Å². The lowest BCUT2D eigenvalue weighted by Crippen LogP contribution is -2.29. The van der Waals surface area contributed by atoms with Crippen LogP contribution in [0.3, 0.4) is 0 Å². The average molecular weight is 365 g/mol. The molecule has 0 aliphatic carbocycles. The SMILES string of the molecule is CCC(C)(Oc1cc(C(=O)O)ccc1[N+](=O)[O-])c1cccc2ccccc12. The molecule has 3 aromatic rings. The Kier molecular flexibility index (Phi) is 4.81. The van der Waals surface area contributed by atoms with Crippen molar-refractivity contribution in [2.24, 2.45) is 0 Å². The quantitative estimate of drug-likeness (QED) is 0.482. The molecule has 27 heavy (non-hydrogen) atoms. The summed E-state index contributed by atoms with van der Waals surface area (Å²) < 4.78 is 6.12. The molecule has 0 aromatic heterocycles. The number of hydrogen-bond acceptors (Lipinski definition) is 4. The molecule has 0 amide bonds. The van der Waals surface area contributed by atoms with Gasteiger partial charge in [0.15, 0.2) is 5.75 Å². The summed E-state index contributed by atoms with van der Waals surface area (Å²) in [6.45, 7) is 3.78. The molecule has 0 saturated heterocycles. The number of aromatic carboxylic acids is 1. The number of carboxylic acids is 1. The van der Waals surface area contributed by atoms with Gasteiger partial charge in [0.25, 0.3) is 0 Å². The molecule has 0 aliphatic rings. The van der Waals surface area contributed by atoms with E-state index < -0.39 is 16.5 Å². The number of fused-ring (bicyclic) bond motifs is 1. The normalized spacial score (nSPS) is 13.1. The number of carbonyl (C=O) groups is 1. The van der Waals surface area contributed by atoms with Gasteiger partial charge in [0.2, 0.25) is 0 Å². The number of nitro groups is 1. The van der Waals surface area contributed by atoms with Gasteiger partial charge in [-0.05, 0) is 30.2 Å². The Morgan fingerprint density at radius 3 is 2.52 bits per heavy atom. The molecule has 138 valence electrons.